The lowest BCUT2D eigenvalue weighted by atomic mass is 9.61. The van der Waals surface area contributed by atoms with Gasteiger partial charge in [-0.3, -0.25) is 9.59 Å². The zero-order valence-corrected chi connectivity index (χ0v) is 19.0. The first kappa shape index (κ1) is 24.1. The summed E-state index contributed by atoms with van der Waals surface area (Å²) >= 11 is 1.05. The fourth-order valence-electron chi connectivity index (χ4n) is 4.60. The number of carbonyl (C=O) groups excluding carboxylic acids is 1. The molecule has 1 saturated heterocycles. The normalized spacial score (nSPS) is 28.7. The van der Waals surface area contributed by atoms with E-state index in [0.29, 0.717) is 13.0 Å². The SMILES string of the molecule is CCC1(C(=O)O)C(NC(=O)NCCc2ccccc2)SC(C(=O)O)(C(C)(C)C)C1C. The molecule has 1 fully saturated rings. The Balaban J connectivity index is 2.24. The molecular formula is C22H32N2O5S. The maximum atomic E-state index is 12.6. The summed E-state index contributed by atoms with van der Waals surface area (Å²) in [5.41, 5.74) is -1.04. The van der Waals surface area contributed by atoms with Crippen LogP contribution in [0.4, 0.5) is 4.79 Å². The van der Waals surface area contributed by atoms with E-state index < -0.39 is 44.8 Å². The second kappa shape index (κ2) is 8.88. The van der Waals surface area contributed by atoms with Crippen LogP contribution in [0.15, 0.2) is 30.3 Å². The molecule has 1 aliphatic rings. The van der Waals surface area contributed by atoms with E-state index in [-0.39, 0.29) is 6.42 Å². The second-order valence-electron chi connectivity index (χ2n) is 8.85. The van der Waals surface area contributed by atoms with E-state index >= 15 is 0 Å². The van der Waals surface area contributed by atoms with Crippen LogP contribution >= 0.6 is 11.8 Å². The van der Waals surface area contributed by atoms with E-state index in [1.54, 1.807) is 34.6 Å². The van der Waals surface area contributed by atoms with Crippen molar-refractivity contribution < 1.29 is 24.6 Å². The molecule has 1 aromatic rings. The Morgan fingerprint density at radius 3 is 2.17 bits per heavy atom. The number of urea groups is 1. The molecule has 7 nitrogen and oxygen atoms in total. The molecular weight excluding hydrogens is 404 g/mol. The highest BCUT2D eigenvalue weighted by molar-refractivity contribution is 8.02. The van der Waals surface area contributed by atoms with Crippen molar-refractivity contribution in [3.63, 3.8) is 0 Å². The molecule has 30 heavy (non-hydrogen) atoms. The lowest BCUT2D eigenvalue weighted by Gasteiger charge is -2.43. The van der Waals surface area contributed by atoms with Gasteiger partial charge in [-0.15, -0.1) is 11.8 Å². The molecule has 0 aromatic heterocycles. The highest BCUT2D eigenvalue weighted by Gasteiger charge is 2.71. The first-order valence-corrected chi connectivity index (χ1v) is 11.0. The molecule has 2 amide bonds. The zero-order chi connectivity index (χ0) is 22.7. The summed E-state index contributed by atoms with van der Waals surface area (Å²) < 4.78 is -1.36. The number of carboxylic acid groups (broad SMARTS) is 2. The minimum Gasteiger partial charge on any atom is -0.481 e. The van der Waals surface area contributed by atoms with Gasteiger partial charge in [0, 0.05) is 12.5 Å². The molecule has 8 heteroatoms. The number of thioether (sulfide) groups is 1. The van der Waals surface area contributed by atoms with Crippen LogP contribution in [0.2, 0.25) is 0 Å². The number of benzene rings is 1. The molecule has 1 aliphatic heterocycles. The highest BCUT2D eigenvalue weighted by Crippen LogP contribution is 2.64. The van der Waals surface area contributed by atoms with Crippen molar-refractivity contribution in [3.05, 3.63) is 35.9 Å². The summed E-state index contributed by atoms with van der Waals surface area (Å²) in [7, 11) is 0. The van der Waals surface area contributed by atoms with Gasteiger partial charge >= 0.3 is 18.0 Å². The van der Waals surface area contributed by atoms with Crippen molar-refractivity contribution in [1.29, 1.82) is 0 Å². The fourth-order valence-corrected chi connectivity index (χ4v) is 6.69. The van der Waals surface area contributed by atoms with Gasteiger partial charge in [-0.25, -0.2) is 4.79 Å². The standard InChI is InChI=1S/C22H32N2O5S/c1-6-21(17(25)26)14(2)22(18(27)28,20(3,4)5)30-16(21)24-19(29)23-13-12-15-10-8-7-9-11-15/h7-11,14,16H,6,12-13H2,1-5H3,(H,25,26)(H,27,28)(H2,23,24,29). The maximum Gasteiger partial charge on any atom is 0.320 e. The van der Waals surface area contributed by atoms with E-state index in [4.69, 9.17) is 0 Å². The van der Waals surface area contributed by atoms with E-state index in [0.717, 1.165) is 17.3 Å². The van der Waals surface area contributed by atoms with Crippen LogP contribution in [-0.2, 0) is 16.0 Å². The smallest absolute Gasteiger partial charge is 0.320 e. The van der Waals surface area contributed by atoms with Gasteiger partial charge in [0.1, 0.15) is 10.2 Å². The average Bonchev–Trinajstić information content (AvgIpc) is 2.92. The Hall–Kier alpha value is -2.22. The van der Waals surface area contributed by atoms with Crippen molar-refractivity contribution in [1.82, 2.24) is 10.6 Å². The summed E-state index contributed by atoms with van der Waals surface area (Å²) in [6.45, 7) is 9.20. The number of rotatable bonds is 7. The predicted octanol–water partition coefficient (Wildman–Crippen LogP) is 3.59. The van der Waals surface area contributed by atoms with E-state index in [2.05, 4.69) is 10.6 Å². The Morgan fingerprint density at radius 2 is 1.70 bits per heavy atom. The maximum absolute atomic E-state index is 12.6. The van der Waals surface area contributed by atoms with Crippen molar-refractivity contribution in [2.75, 3.05) is 6.54 Å². The molecule has 0 aliphatic carbocycles. The predicted molar refractivity (Wildman–Crippen MR) is 117 cm³/mol. The third-order valence-corrected chi connectivity index (χ3v) is 8.66. The quantitative estimate of drug-likeness (QED) is 0.519. The zero-order valence-electron chi connectivity index (χ0n) is 18.2. The lowest BCUT2D eigenvalue weighted by molar-refractivity contribution is -0.157. The van der Waals surface area contributed by atoms with Gasteiger partial charge in [-0.2, -0.15) is 0 Å². The van der Waals surface area contributed by atoms with Crippen LogP contribution in [-0.4, -0.2) is 44.8 Å². The van der Waals surface area contributed by atoms with Crippen LogP contribution < -0.4 is 10.6 Å². The van der Waals surface area contributed by atoms with Crippen LogP contribution in [0, 0.1) is 16.7 Å². The average molecular weight is 437 g/mol. The van der Waals surface area contributed by atoms with Gasteiger partial charge in [0.15, 0.2) is 0 Å². The number of nitrogens with one attached hydrogen (secondary N) is 2. The molecule has 0 radical (unpaired) electrons. The Bertz CT molecular complexity index is 794. The first-order chi connectivity index (χ1) is 13.9. The van der Waals surface area contributed by atoms with Crippen molar-refractivity contribution in [3.8, 4) is 0 Å². The second-order valence-corrected chi connectivity index (χ2v) is 10.2. The summed E-state index contributed by atoms with van der Waals surface area (Å²) in [6, 6.07) is 9.20. The molecule has 166 valence electrons. The van der Waals surface area contributed by atoms with Crippen molar-refractivity contribution in [2.24, 2.45) is 16.7 Å². The van der Waals surface area contributed by atoms with Gasteiger partial charge in [-0.05, 0) is 23.8 Å². The molecule has 0 spiro atoms. The van der Waals surface area contributed by atoms with E-state index in [1.165, 1.54) is 0 Å². The van der Waals surface area contributed by atoms with Gasteiger partial charge in [0.05, 0.1) is 5.37 Å². The minimum absolute atomic E-state index is 0.205. The van der Waals surface area contributed by atoms with E-state index in [9.17, 15) is 24.6 Å². The topological polar surface area (TPSA) is 116 Å². The Kier molecular flexibility index (Phi) is 7.12. The Morgan fingerprint density at radius 1 is 1.10 bits per heavy atom. The third kappa shape index (κ3) is 4.02. The summed E-state index contributed by atoms with van der Waals surface area (Å²) in [5.74, 6) is -2.85. The summed E-state index contributed by atoms with van der Waals surface area (Å²) in [6.07, 6.45) is 0.845. The van der Waals surface area contributed by atoms with Gasteiger partial charge in [0.25, 0.3) is 0 Å². The van der Waals surface area contributed by atoms with Gasteiger partial charge in [0.2, 0.25) is 0 Å². The van der Waals surface area contributed by atoms with E-state index in [1.807, 2.05) is 30.3 Å². The van der Waals surface area contributed by atoms with Crippen molar-refractivity contribution >= 4 is 29.7 Å². The number of hydrogen-bond donors (Lipinski definition) is 4. The van der Waals surface area contributed by atoms with Gasteiger partial charge in [-0.1, -0.05) is 65.0 Å². The number of hydrogen-bond acceptors (Lipinski definition) is 4. The van der Waals surface area contributed by atoms with Gasteiger partial charge < -0.3 is 20.8 Å². The summed E-state index contributed by atoms with van der Waals surface area (Å²) in [5, 5.41) is 25.0. The highest BCUT2D eigenvalue weighted by atomic mass is 32.2. The Labute approximate surface area is 182 Å². The summed E-state index contributed by atoms with van der Waals surface area (Å²) in [4.78, 5) is 37.4. The minimum atomic E-state index is -1.40. The molecule has 0 bridgehead atoms. The largest absolute Gasteiger partial charge is 0.481 e. The third-order valence-electron chi connectivity index (χ3n) is 6.37. The number of carboxylic acids is 2. The molecule has 2 rings (SSSR count). The lowest BCUT2D eigenvalue weighted by Crippen LogP contribution is -2.55. The molecule has 0 saturated carbocycles. The molecule has 1 aromatic carbocycles. The van der Waals surface area contributed by atoms with Crippen LogP contribution in [0.1, 0.15) is 46.6 Å². The number of amides is 2. The monoisotopic (exact) mass is 436 g/mol. The van der Waals surface area contributed by atoms with Crippen LogP contribution in [0.3, 0.4) is 0 Å². The first-order valence-electron chi connectivity index (χ1n) is 10.2. The molecule has 4 N–H and O–H groups in total. The van der Waals surface area contributed by atoms with Crippen LogP contribution in [0.5, 0.6) is 0 Å². The van der Waals surface area contributed by atoms with Crippen LogP contribution in [0.25, 0.3) is 0 Å². The molecule has 4 unspecified atom stereocenters. The molecule has 1 heterocycles. The number of carbonyl (C=O) groups is 3. The molecule has 4 atom stereocenters. The number of aliphatic carboxylic acids is 2. The fraction of sp³-hybridized carbons (Fsp3) is 0.591. The van der Waals surface area contributed by atoms with Crippen molar-refractivity contribution in [2.45, 2.75) is 57.6 Å².